The fourth-order valence-electron chi connectivity index (χ4n) is 7.84. The van der Waals surface area contributed by atoms with Gasteiger partial charge in [-0.1, -0.05) is 0 Å². The second-order valence-corrected chi connectivity index (χ2v) is 12.9. The van der Waals surface area contributed by atoms with Crippen molar-refractivity contribution in [3.05, 3.63) is 45.4 Å². The van der Waals surface area contributed by atoms with E-state index in [4.69, 9.17) is 5.73 Å². The number of hydrogen-bond donors (Lipinski definition) is 6. The fraction of sp³-hybridized carbons (Fsp3) is 0.567. The predicted octanol–water partition coefficient (Wildman–Crippen LogP) is 1.22. The minimum Gasteiger partial charge on any atom is -0.510 e. The summed E-state index contributed by atoms with van der Waals surface area (Å²) < 4.78 is 0. The Kier molecular flexibility index (Phi) is 6.12. The van der Waals surface area contributed by atoms with Crippen LogP contribution in [0.1, 0.15) is 53.6 Å². The van der Waals surface area contributed by atoms with Crippen molar-refractivity contribution >= 4 is 23.2 Å². The smallest absolute Gasteiger partial charge is 0.255 e. The minimum atomic E-state index is -2.64. The van der Waals surface area contributed by atoms with Crippen LogP contribution in [0.5, 0.6) is 5.75 Å². The lowest BCUT2D eigenvalue weighted by Crippen LogP contribution is -2.63. The third kappa shape index (κ3) is 3.85. The standard InChI is InChI=1S/C30H38N4O7/c1-33(2)22-14(12-32-29(7-8-29)15-5-6-15)11-18(35)20-16(22)9-13-10-17-23(34(3)4)25(37)21(28(31)40)27(39)30(17,41)26(38)19(13)24(20)36/h11,13,15,17,23,32,35,37-38,41H,5-10,12H2,1-4H3,(H2,31,40)/t13-,17-,23-,30-/m0/s1. The summed E-state index contributed by atoms with van der Waals surface area (Å²) in [5, 5.41) is 49.1. The summed E-state index contributed by atoms with van der Waals surface area (Å²) in [6.45, 7) is 0.534. The Balaban J connectivity index is 1.46. The van der Waals surface area contributed by atoms with Crippen LogP contribution in [0.4, 0.5) is 5.69 Å². The van der Waals surface area contributed by atoms with E-state index >= 15 is 0 Å². The molecule has 1 amide bonds. The van der Waals surface area contributed by atoms with Crippen LogP contribution in [-0.2, 0) is 22.6 Å². The lowest BCUT2D eigenvalue weighted by molar-refractivity contribution is -0.148. The molecule has 1 aromatic rings. The van der Waals surface area contributed by atoms with Crippen molar-refractivity contribution in [2.24, 2.45) is 23.5 Å². The minimum absolute atomic E-state index is 0.0292. The first kappa shape index (κ1) is 27.7. The molecule has 11 nitrogen and oxygen atoms in total. The molecule has 0 heterocycles. The van der Waals surface area contributed by atoms with Crippen LogP contribution in [0.3, 0.4) is 0 Å². The lowest BCUT2D eigenvalue weighted by Gasteiger charge is -2.50. The second kappa shape index (κ2) is 9.04. The number of nitrogens with one attached hydrogen (secondary N) is 1. The van der Waals surface area contributed by atoms with Crippen molar-refractivity contribution in [1.29, 1.82) is 0 Å². The van der Waals surface area contributed by atoms with Crippen molar-refractivity contribution in [1.82, 2.24) is 10.2 Å². The first-order valence-electron chi connectivity index (χ1n) is 14.2. The van der Waals surface area contributed by atoms with Gasteiger partial charge in [-0.3, -0.25) is 19.3 Å². The number of nitrogens with two attached hydrogens (primary N) is 1. The zero-order chi connectivity index (χ0) is 29.8. The first-order valence-corrected chi connectivity index (χ1v) is 14.2. The van der Waals surface area contributed by atoms with Gasteiger partial charge in [-0.15, -0.1) is 0 Å². The second-order valence-electron chi connectivity index (χ2n) is 12.9. The van der Waals surface area contributed by atoms with Crippen molar-refractivity contribution in [2.75, 3.05) is 33.1 Å². The summed E-state index contributed by atoms with van der Waals surface area (Å²) in [6.07, 6.45) is 5.05. The number of aliphatic hydroxyl groups is 3. The number of benzene rings is 1. The number of allylic oxidation sites excluding steroid dienone is 1. The van der Waals surface area contributed by atoms with Gasteiger partial charge in [0.2, 0.25) is 5.78 Å². The third-order valence-electron chi connectivity index (χ3n) is 10.00. The Hall–Kier alpha value is -3.41. The number of Topliss-reactive ketones (excluding diaryl/α,β-unsaturated/α-hetero) is 2. The number of hydrogen-bond acceptors (Lipinski definition) is 10. The molecule has 41 heavy (non-hydrogen) atoms. The molecule has 2 fully saturated rings. The number of carbonyl (C=O) groups excluding carboxylic acids is 3. The van der Waals surface area contributed by atoms with Crippen LogP contribution in [0.25, 0.3) is 0 Å². The molecule has 5 aliphatic carbocycles. The number of primary amides is 1. The molecule has 7 N–H and O–H groups in total. The van der Waals surface area contributed by atoms with E-state index in [2.05, 4.69) is 5.32 Å². The largest absolute Gasteiger partial charge is 0.510 e. The van der Waals surface area contributed by atoms with Crippen LogP contribution in [0.2, 0.25) is 0 Å². The summed E-state index contributed by atoms with van der Waals surface area (Å²) >= 11 is 0. The number of rotatable bonds is 7. The number of fused-ring (bicyclic) bond motifs is 3. The molecule has 4 atom stereocenters. The summed E-state index contributed by atoms with van der Waals surface area (Å²) in [6, 6.07) is 0.565. The van der Waals surface area contributed by atoms with E-state index in [0.717, 1.165) is 24.1 Å². The molecular weight excluding hydrogens is 528 g/mol. The number of aromatic hydroxyl groups is 1. The van der Waals surface area contributed by atoms with Gasteiger partial charge in [-0.2, -0.15) is 0 Å². The van der Waals surface area contributed by atoms with Gasteiger partial charge < -0.3 is 36.4 Å². The Morgan fingerprint density at radius 1 is 1.12 bits per heavy atom. The van der Waals surface area contributed by atoms with E-state index in [0.29, 0.717) is 18.0 Å². The highest BCUT2D eigenvalue weighted by atomic mass is 16.3. The SMILES string of the molecule is CN(C)c1c(CNC2(C3CC3)CC2)cc(O)c2c1C[C@H]1C[C@H]3[C@H](N(C)C)C(O)=C(C(N)=O)C(=O)[C@@]3(O)C(O)=C1C2=O. The van der Waals surface area contributed by atoms with Crippen molar-refractivity contribution < 1.29 is 34.8 Å². The Labute approximate surface area is 238 Å². The number of nitrogens with zero attached hydrogens (tertiary/aromatic N) is 2. The van der Waals surface area contributed by atoms with Crippen LogP contribution >= 0.6 is 0 Å². The maximum atomic E-state index is 14.0. The average molecular weight is 567 g/mol. The number of phenols is 1. The Morgan fingerprint density at radius 2 is 1.78 bits per heavy atom. The van der Waals surface area contributed by atoms with E-state index in [1.54, 1.807) is 25.1 Å². The monoisotopic (exact) mass is 566 g/mol. The summed E-state index contributed by atoms with van der Waals surface area (Å²) in [7, 11) is 6.99. The van der Waals surface area contributed by atoms with Gasteiger partial charge in [-0.05, 0) is 81.6 Å². The highest BCUT2D eigenvalue weighted by molar-refractivity contribution is 6.24. The molecule has 220 valence electrons. The molecule has 0 saturated heterocycles. The topological polar surface area (TPSA) is 177 Å². The molecule has 2 saturated carbocycles. The van der Waals surface area contributed by atoms with Gasteiger partial charge in [0.05, 0.1) is 11.6 Å². The van der Waals surface area contributed by atoms with Crippen LogP contribution in [-0.4, -0.2) is 88.2 Å². The van der Waals surface area contributed by atoms with Crippen LogP contribution < -0.4 is 16.0 Å². The van der Waals surface area contributed by atoms with Crippen molar-refractivity contribution in [2.45, 2.75) is 62.3 Å². The predicted molar refractivity (Wildman–Crippen MR) is 150 cm³/mol. The molecule has 0 radical (unpaired) electrons. The zero-order valence-corrected chi connectivity index (χ0v) is 23.8. The van der Waals surface area contributed by atoms with Crippen LogP contribution in [0, 0.1) is 17.8 Å². The van der Waals surface area contributed by atoms with E-state index in [-0.39, 0.29) is 35.3 Å². The molecule has 1 aromatic carbocycles. The Bertz CT molecular complexity index is 1450. The molecule has 0 aromatic heterocycles. The molecule has 11 heteroatoms. The van der Waals surface area contributed by atoms with Gasteiger partial charge in [0, 0.05) is 43.4 Å². The van der Waals surface area contributed by atoms with E-state index in [9.17, 15) is 34.8 Å². The number of carbonyl (C=O) groups is 3. The number of ketones is 2. The van der Waals surface area contributed by atoms with E-state index in [1.165, 1.54) is 12.8 Å². The van der Waals surface area contributed by atoms with E-state index < -0.39 is 58.0 Å². The van der Waals surface area contributed by atoms with Gasteiger partial charge >= 0.3 is 0 Å². The van der Waals surface area contributed by atoms with Gasteiger partial charge in [-0.25, -0.2) is 0 Å². The molecule has 0 bridgehead atoms. The van der Waals surface area contributed by atoms with Crippen LogP contribution in [0.15, 0.2) is 28.7 Å². The summed E-state index contributed by atoms with van der Waals surface area (Å²) in [5.74, 6) is -5.78. The molecule has 5 aliphatic rings. The quantitative estimate of drug-likeness (QED) is 0.263. The fourth-order valence-corrected chi connectivity index (χ4v) is 7.84. The lowest BCUT2D eigenvalue weighted by atomic mass is 9.58. The van der Waals surface area contributed by atoms with Gasteiger partial charge in [0.1, 0.15) is 22.8 Å². The van der Waals surface area contributed by atoms with E-state index in [1.807, 2.05) is 19.0 Å². The summed E-state index contributed by atoms with van der Waals surface area (Å²) in [4.78, 5) is 43.1. The normalized spacial score (nSPS) is 30.2. The molecule has 0 aliphatic heterocycles. The van der Waals surface area contributed by atoms with Crippen molar-refractivity contribution in [3.63, 3.8) is 0 Å². The highest BCUT2D eigenvalue weighted by Crippen LogP contribution is 2.55. The molecule has 0 unspecified atom stereocenters. The number of aliphatic hydroxyl groups excluding tert-OH is 2. The number of amides is 1. The maximum Gasteiger partial charge on any atom is 0.255 e. The summed E-state index contributed by atoms with van der Waals surface area (Å²) in [5.41, 5.74) is 4.30. The van der Waals surface area contributed by atoms with Gasteiger partial charge in [0.25, 0.3) is 5.91 Å². The average Bonchev–Trinajstić information content (AvgIpc) is 3.78. The number of phenolic OH excluding ortho intramolecular Hbond substituents is 1. The highest BCUT2D eigenvalue weighted by Gasteiger charge is 2.63. The first-order chi connectivity index (χ1) is 19.2. The number of anilines is 1. The maximum absolute atomic E-state index is 14.0. The Morgan fingerprint density at radius 3 is 2.32 bits per heavy atom. The zero-order valence-electron chi connectivity index (χ0n) is 23.8. The third-order valence-corrected chi connectivity index (χ3v) is 10.00. The van der Waals surface area contributed by atoms with Crippen molar-refractivity contribution in [3.8, 4) is 5.75 Å². The molecule has 6 rings (SSSR count). The number of likely N-dealkylation sites (N-methyl/N-ethyl adjacent to an activating group) is 1. The molecule has 0 spiro atoms. The van der Waals surface area contributed by atoms with Gasteiger partial charge in [0.15, 0.2) is 11.4 Å². The molecular formula is C30H38N4O7.